The van der Waals surface area contributed by atoms with Crippen LogP contribution < -0.4 is 0 Å². The molecule has 0 unspecified atom stereocenters. The van der Waals surface area contributed by atoms with Gasteiger partial charge in [0.15, 0.2) is 0 Å². The van der Waals surface area contributed by atoms with Crippen molar-refractivity contribution in [1.29, 1.82) is 0 Å². The zero-order valence-corrected chi connectivity index (χ0v) is 29.3. The lowest BCUT2D eigenvalue weighted by Gasteiger charge is -2.31. The van der Waals surface area contributed by atoms with E-state index in [1.807, 2.05) is 60.7 Å². The van der Waals surface area contributed by atoms with Crippen molar-refractivity contribution in [3.05, 3.63) is 197 Å². The van der Waals surface area contributed by atoms with E-state index < -0.39 is 5.79 Å². The number of hydrogen-bond donors (Lipinski definition) is 0. The van der Waals surface area contributed by atoms with Crippen LogP contribution >= 0.6 is 34.2 Å². The number of imidazole rings is 1. The first-order valence-electron chi connectivity index (χ1n) is 16.1. The second-order valence-electron chi connectivity index (χ2n) is 11.8. The van der Waals surface area contributed by atoms with Gasteiger partial charge in [0.05, 0.1) is 27.8 Å². The van der Waals surface area contributed by atoms with Crippen LogP contribution in [0.3, 0.4) is 0 Å². The van der Waals surface area contributed by atoms with Crippen LogP contribution in [0.25, 0.3) is 33.9 Å². The highest BCUT2D eigenvalue weighted by atomic mass is 127. The van der Waals surface area contributed by atoms with Gasteiger partial charge in [-0.05, 0) is 17.7 Å². The van der Waals surface area contributed by atoms with Crippen molar-refractivity contribution in [1.82, 2.24) is 9.55 Å². The number of nitrogens with zero attached hydrogens (tertiary/aromatic N) is 4. The van der Waals surface area contributed by atoms with Crippen molar-refractivity contribution in [2.75, 3.05) is 0 Å². The highest BCUT2D eigenvalue weighted by molar-refractivity contribution is 14.1. The molecule has 0 saturated carbocycles. The molecule has 49 heavy (non-hydrogen) atoms. The van der Waals surface area contributed by atoms with Gasteiger partial charge in [-0.1, -0.05) is 192 Å². The summed E-state index contributed by atoms with van der Waals surface area (Å²) in [6.45, 7) is 0. The van der Waals surface area contributed by atoms with Gasteiger partial charge in [0.2, 0.25) is 0 Å². The zero-order valence-electron chi connectivity index (χ0n) is 26.4. The number of halogens is 2. The van der Waals surface area contributed by atoms with Crippen molar-refractivity contribution in [2.45, 2.75) is 10.2 Å². The van der Waals surface area contributed by atoms with Crippen LogP contribution in [0.4, 0.5) is 0 Å². The molecule has 6 aromatic carbocycles. The molecular formula is C43H30ClIN4. The molecule has 1 aliphatic rings. The summed E-state index contributed by atoms with van der Waals surface area (Å²) in [4.78, 5) is 17.1. The molecule has 236 valence electrons. The molecule has 0 radical (unpaired) electrons. The fraction of sp³-hybridized carbons (Fsp3) is 0.0465. The molecule has 4 nitrogen and oxygen atoms in total. The zero-order chi connectivity index (χ0) is 33.2. The highest BCUT2D eigenvalue weighted by Crippen LogP contribution is 2.48. The molecule has 0 bridgehead atoms. The van der Waals surface area contributed by atoms with Crippen LogP contribution in [0.1, 0.15) is 22.3 Å². The quantitative estimate of drug-likeness (QED) is 0.112. The molecule has 1 aliphatic heterocycles. The third kappa shape index (κ3) is 5.63. The Kier molecular flexibility index (Phi) is 8.54. The molecule has 0 atom stereocenters. The summed E-state index contributed by atoms with van der Waals surface area (Å²) in [5.41, 5.74) is 10.2. The van der Waals surface area contributed by atoms with Gasteiger partial charge >= 0.3 is 0 Å². The SMILES string of the molecule is Clc1ccccc1-c1nc(-c2ccccc2)c(-c2ccccc2)n1C1(c2ccccc2CI)N=C(c2ccccc2)C(c2ccccc2)=N1. The number of rotatable bonds is 8. The van der Waals surface area contributed by atoms with Crippen molar-refractivity contribution in [3.63, 3.8) is 0 Å². The summed E-state index contributed by atoms with van der Waals surface area (Å²) in [6, 6.07) is 57.8. The van der Waals surface area contributed by atoms with E-state index in [0.717, 1.165) is 66.2 Å². The van der Waals surface area contributed by atoms with Crippen LogP contribution in [-0.4, -0.2) is 21.0 Å². The van der Waals surface area contributed by atoms with Crippen LogP contribution in [0, 0.1) is 0 Å². The van der Waals surface area contributed by atoms with E-state index in [1.165, 1.54) is 0 Å². The van der Waals surface area contributed by atoms with E-state index in [1.54, 1.807) is 0 Å². The van der Waals surface area contributed by atoms with Gasteiger partial charge in [-0.15, -0.1) is 0 Å². The van der Waals surface area contributed by atoms with Gasteiger partial charge in [0.25, 0.3) is 5.79 Å². The lowest BCUT2D eigenvalue weighted by Crippen LogP contribution is -2.32. The van der Waals surface area contributed by atoms with Gasteiger partial charge in [-0.25, -0.2) is 15.0 Å². The van der Waals surface area contributed by atoms with Crippen molar-refractivity contribution < 1.29 is 0 Å². The summed E-state index contributed by atoms with van der Waals surface area (Å²) in [5.74, 6) is -0.599. The number of alkyl halides is 1. The van der Waals surface area contributed by atoms with Crippen LogP contribution in [0.2, 0.25) is 5.02 Å². The summed E-state index contributed by atoms with van der Waals surface area (Å²) in [5, 5.41) is 0.600. The van der Waals surface area contributed by atoms with Gasteiger partial charge in [0, 0.05) is 37.8 Å². The highest BCUT2D eigenvalue weighted by Gasteiger charge is 2.46. The second kappa shape index (κ2) is 13.4. The van der Waals surface area contributed by atoms with E-state index in [9.17, 15) is 0 Å². The predicted octanol–water partition coefficient (Wildman–Crippen LogP) is 11.1. The fourth-order valence-electron chi connectivity index (χ4n) is 6.55. The monoisotopic (exact) mass is 764 g/mol. The minimum Gasteiger partial charge on any atom is -0.275 e. The van der Waals surface area contributed by atoms with E-state index in [0.29, 0.717) is 10.8 Å². The Bertz CT molecular complexity index is 2260. The molecule has 0 saturated heterocycles. The number of aliphatic imine (C=N–C) groups is 2. The normalized spacial score (nSPS) is 13.6. The average molecular weight is 765 g/mol. The number of aromatic nitrogens is 2. The van der Waals surface area contributed by atoms with Crippen molar-refractivity contribution in [3.8, 4) is 33.9 Å². The minimum absolute atomic E-state index is 0.600. The molecule has 0 fully saturated rings. The Labute approximate surface area is 304 Å². The minimum atomic E-state index is -1.28. The van der Waals surface area contributed by atoms with E-state index in [-0.39, 0.29) is 0 Å². The maximum Gasteiger partial charge on any atom is 0.261 e. The second-order valence-corrected chi connectivity index (χ2v) is 12.9. The predicted molar refractivity (Wildman–Crippen MR) is 211 cm³/mol. The topological polar surface area (TPSA) is 42.5 Å². The van der Waals surface area contributed by atoms with Gasteiger partial charge in [0.1, 0.15) is 5.82 Å². The molecule has 0 aliphatic carbocycles. The van der Waals surface area contributed by atoms with Crippen LogP contribution in [0.5, 0.6) is 0 Å². The average Bonchev–Trinajstić information content (AvgIpc) is 3.78. The summed E-state index contributed by atoms with van der Waals surface area (Å²) in [7, 11) is 0. The van der Waals surface area contributed by atoms with Crippen LogP contribution in [0.15, 0.2) is 180 Å². The Balaban J connectivity index is 1.59. The standard InChI is InChI=1S/C43H30ClIN4/c44-37-28-16-14-26-35(37)42-46-40(32-21-9-3-10-22-32)41(33-23-11-4-12-24-33)49(42)43(36-27-15-13-25-34(36)29-45)47-38(30-17-5-1-6-18-30)39(48-43)31-19-7-2-8-20-31/h1-28H,29H2. The van der Waals surface area contributed by atoms with E-state index in [4.69, 9.17) is 26.6 Å². The summed E-state index contributed by atoms with van der Waals surface area (Å²) in [6.07, 6.45) is 0. The van der Waals surface area contributed by atoms with Crippen molar-refractivity contribution in [2.24, 2.45) is 9.98 Å². The third-order valence-electron chi connectivity index (χ3n) is 8.78. The Morgan fingerprint density at radius 3 is 1.55 bits per heavy atom. The van der Waals surface area contributed by atoms with Crippen LogP contribution in [-0.2, 0) is 10.2 Å². The smallest absolute Gasteiger partial charge is 0.261 e. The molecule has 0 N–H and O–H groups in total. The molecular weight excluding hydrogens is 735 g/mol. The molecule has 6 heteroatoms. The van der Waals surface area contributed by atoms with E-state index in [2.05, 4.69) is 136 Å². The molecule has 0 amide bonds. The van der Waals surface area contributed by atoms with Gasteiger partial charge < -0.3 is 0 Å². The molecule has 0 spiro atoms. The summed E-state index contributed by atoms with van der Waals surface area (Å²) >= 11 is 9.51. The lowest BCUT2D eigenvalue weighted by molar-refractivity contribution is 0.406. The Hall–Kier alpha value is -5.11. The Morgan fingerprint density at radius 1 is 0.531 bits per heavy atom. The fourth-order valence-corrected chi connectivity index (χ4v) is 7.43. The largest absolute Gasteiger partial charge is 0.275 e. The lowest BCUT2D eigenvalue weighted by atomic mass is 9.99. The van der Waals surface area contributed by atoms with E-state index >= 15 is 0 Å². The molecule has 8 rings (SSSR count). The molecule has 2 heterocycles. The van der Waals surface area contributed by atoms with Crippen molar-refractivity contribution >= 4 is 45.6 Å². The maximum absolute atomic E-state index is 7.06. The number of benzene rings is 6. The first kappa shape index (κ1) is 31.2. The molecule has 1 aromatic heterocycles. The van der Waals surface area contributed by atoms with Gasteiger partial charge in [-0.3, -0.25) is 4.57 Å². The first-order chi connectivity index (χ1) is 24.2. The first-order valence-corrected chi connectivity index (χ1v) is 18.0. The third-order valence-corrected chi connectivity index (χ3v) is 9.93. The molecule has 7 aromatic rings. The number of hydrogen-bond acceptors (Lipinski definition) is 3. The summed E-state index contributed by atoms with van der Waals surface area (Å²) < 4.78 is 3.00. The van der Waals surface area contributed by atoms with Gasteiger partial charge in [-0.2, -0.15) is 0 Å². The Morgan fingerprint density at radius 2 is 1.00 bits per heavy atom. The maximum atomic E-state index is 7.06.